The van der Waals surface area contributed by atoms with Crippen molar-refractivity contribution in [2.24, 2.45) is 10.2 Å². The first kappa shape index (κ1) is 22.8. The molecule has 0 radical (unpaired) electrons. The van der Waals surface area contributed by atoms with Crippen LogP contribution in [0.3, 0.4) is 0 Å². The molecule has 2 saturated heterocycles. The summed E-state index contributed by atoms with van der Waals surface area (Å²) < 4.78 is 26.7. The third-order valence-electron chi connectivity index (χ3n) is 4.15. The predicted octanol–water partition coefficient (Wildman–Crippen LogP) is 1.84. The molecule has 1 aromatic rings. The highest BCUT2D eigenvalue weighted by molar-refractivity contribution is 8.18. The van der Waals surface area contributed by atoms with Crippen molar-refractivity contribution >= 4 is 35.0 Å². The van der Waals surface area contributed by atoms with Gasteiger partial charge in [0.25, 0.3) is 5.91 Å². The van der Waals surface area contributed by atoms with Gasteiger partial charge in [0, 0.05) is 12.5 Å². The number of amides is 1. The Hall–Kier alpha value is -2.89. The minimum absolute atomic E-state index is 0.187. The number of hydrogen-bond donors (Lipinski definition) is 1. The van der Waals surface area contributed by atoms with E-state index in [1.54, 1.807) is 25.3 Å². The lowest BCUT2D eigenvalue weighted by atomic mass is 10.2. The smallest absolute Gasteiger partial charge is 0.331 e. The van der Waals surface area contributed by atoms with Gasteiger partial charge in [-0.1, -0.05) is 0 Å². The summed E-state index contributed by atoms with van der Waals surface area (Å²) in [6, 6.07) is 5.33. The number of carbonyl (C=O) groups is 2. The second-order valence-electron chi connectivity index (χ2n) is 6.31. The largest absolute Gasteiger partial charge is 0.493 e. The fourth-order valence-electron chi connectivity index (χ4n) is 2.64. The number of rotatable bonds is 8. The van der Waals surface area contributed by atoms with Crippen LogP contribution in [0.1, 0.15) is 18.4 Å². The molecule has 1 N–H and O–H groups in total. The zero-order chi connectivity index (χ0) is 22.1. The first-order chi connectivity index (χ1) is 15.1. The van der Waals surface area contributed by atoms with Crippen LogP contribution in [0, 0.1) is 0 Å². The summed E-state index contributed by atoms with van der Waals surface area (Å²) in [5.74, 6) is 0.0945. The number of ether oxygens (including phenoxy) is 5. The number of hydrogen-bond acceptors (Lipinski definition) is 10. The summed E-state index contributed by atoms with van der Waals surface area (Å²) in [7, 11) is 2.80. The first-order valence-corrected chi connectivity index (χ1v) is 10.3. The number of carbonyl (C=O) groups excluding carboxylic acids is 2. The minimum Gasteiger partial charge on any atom is -0.493 e. The first-order valence-electron chi connectivity index (χ1n) is 9.53. The monoisotopic (exact) mass is 449 g/mol. The number of esters is 1. The molecule has 3 rings (SSSR count). The van der Waals surface area contributed by atoms with Crippen LogP contribution in [-0.4, -0.2) is 63.6 Å². The molecule has 0 atom stereocenters. The predicted molar refractivity (Wildman–Crippen MR) is 114 cm³/mol. The summed E-state index contributed by atoms with van der Waals surface area (Å²) >= 11 is 0.999. The van der Waals surface area contributed by atoms with Gasteiger partial charge in [-0.25, -0.2) is 4.79 Å². The van der Waals surface area contributed by atoms with Crippen LogP contribution in [0.4, 0.5) is 0 Å². The molecule has 2 aliphatic heterocycles. The van der Waals surface area contributed by atoms with Gasteiger partial charge in [-0.15, -0.1) is 5.10 Å². The number of benzene rings is 1. The molecule has 31 heavy (non-hydrogen) atoms. The second-order valence-corrected chi connectivity index (χ2v) is 7.34. The molecule has 0 aliphatic carbocycles. The maximum atomic E-state index is 11.8. The van der Waals surface area contributed by atoms with Gasteiger partial charge in [-0.3, -0.25) is 10.1 Å². The molecule has 0 bridgehead atoms. The van der Waals surface area contributed by atoms with E-state index in [0.29, 0.717) is 37.7 Å². The van der Waals surface area contributed by atoms with E-state index >= 15 is 0 Å². The summed E-state index contributed by atoms with van der Waals surface area (Å²) in [5, 5.41) is 10.7. The van der Waals surface area contributed by atoms with E-state index in [1.165, 1.54) is 13.3 Å². The summed E-state index contributed by atoms with van der Waals surface area (Å²) in [5.41, 5.74) is 0.727. The Morgan fingerprint density at radius 1 is 1.29 bits per heavy atom. The highest BCUT2D eigenvalue weighted by Crippen LogP contribution is 2.28. The average molecular weight is 449 g/mol. The number of methoxy groups -OCH3 is 2. The standard InChI is InChI=1S/C20H23N3O7S/c1-26-14-5-4-13(10-15(14)28-9-6-18-29-7-3-8-30-18)12-21-23-20-22-19(25)16(31-20)11-17(24)27-2/h4-5,10-12,18H,3,6-9H2,1-2H3,(H,22,23,25)/b16-11+,21-12?. The van der Waals surface area contributed by atoms with E-state index in [-0.39, 0.29) is 16.4 Å². The van der Waals surface area contributed by atoms with Gasteiger partial charge in [0.2, 0.25) is 0 Å². The lowest BCUT2D eigenvalue weighted by molar-refractivity contribution is -0.183. The topological polar surface area (TPSA) is 117 Å². The summed E-state index contributed by atoms with van der Waals surface area (Å²) in [6.45, 7) is 1.80. The van der Waals surface area contributed by atoms with Gasteiger partial charge in [0.05, 0.1) is 45.2 Å². The van der Waals surface area contributed by atoms with Crippen molar-refractivity contribution in [2.75, 3.05) is 34.0 Å². The zero-order valence-electron chi connectivity index (χ0n) is 17.2. The Kier molecular flexibility index (Phi) is 8.44. The SMILES string of the molecule is COC(=O)/C=C1/S/C(=N\N=Cc2ccc(OC)c(OCCC3OCCCO3)c2)NC1=O. The quantitative estimate of drug-likeness (QED) is 0.277. The van der Waals surface area contributed by atoms with Crippen molar-refractivity contribution in [2.45, 2.75) is 19.1 Å². The van der Waals surface area contributed by atoms with E-state index in [9.17, 15) is 9.59 Å². The maximum Gasteiger partial charge on any atom is 0.331 e. The Labute approximate surface area is 183 Å². The average Bonchev–Trinajstić information content (AvgIpc) is 3.13. The van der Waals surface area contributed by atoms with Crippen LogP contribution in [0.5, 0.6) is 11.5 Å². The van der Waals surface area contributed by atoms with Gasteiger partial charge in [-0.2, -0.15) is 5.10 Å². The van der Waals surface area contributed by atoms with Gasteiger partial charge in [0.15, 0.2) is 23.0 Å². The Bertz CT molecular complexity index is 895. The van der Waals surface area contributed by atoms with Crippen LogP contribution in [0.2, 0.25) is 0 Å². The number of nitrogens with zero attached hydrogens (tertiary/aromatic N) is 2. The Balaban J connectivity index is 1.59. The zero-order valence-corrected chi connectivity index (χ0v) is 18.0. The Morgan fingerprint density at radius 3 is 2.84 bits per heavy atom. The van der Waals surface area contributed by atoms with Crippen LogP contribution < -0.4 is 14.8 Å². The minimum atomic E-state index is -0.616. The molecule has 11 heteroatoms. The molecule has 2 heterocycles. The number of amidine groups is 1. The molecular formula is C20H23N3O7S. The summed E-state index contributed by atoms with van der Waals surface area (Å²) in [4.78, 5) is 23.3. The maximum absolute atomic E-state index is 11.8. The molecule has 2 aliphatic rings. The lowest BCUT2D eigenvalue weighted by Crippen LogP contribution is -2.26. The molecule has 0 unspecified atom stereocenters. The molecule has 1 amide bonds. The lowest BCUT2D eigenvalue weighted by Gasteiger charge is -2.23. The Morgan fingerprint density at radius 2 is 2.10 bits per heavy atom. The normalized spacial score (nSPS) is 19.7. The van der Waals surface area contributed by atoms with E-state index < -0.39 is 11.9 Å². The molecule has 166 valence electrons. The number of nitrogens with one attached hydrogen (secondary N) is 1. The van der Waals surface area contributed by atoms with Crippen LogP contribution in [-0.2, 0) is 23.8 Å². The van der Waals surface area contributed by atoms with E-state index in [1.807, 2.05) is 0 Å². The van der Waals surface area contributed by atoms with Gasteiger partial charge >= 0.3 is 5.97 Å². The van der Waals surface area contributed by atoms with Crippen molar-refractivity contribution < 1.29 is 33.3 Å². The molecule has 0 saturated carbocycles. The van der Waals surface area contributed by atoms with Crippen LogP contribution in [0.25, 0.3) is 0 Å². The fraction of sp³-hybridized carbons (Fsp3) is 0.400. The van der Waals surface area contributed by atoms with Gasteiger partial charge in [-0.05, 0) is 41.9 Å². The third-order valence-corrected chi connectivity index (χ3v) is 5.05. The number of thioether (sulfide) groups is 1. The molecule has 0 aromatic heterocycles. The van der Waals surface area contributed by atoms with Gasteiger partial charge in [0.1, 0.15) is 0 Å². The fourth-order valence-corrected chi connectivity index (χ4v) is 3.38. The van der Waals surface area contributed by atoms with Crippen molar-refractivity contribution in [3.05, 3.63) is 34.7 Å². The van der Waals surface area contributed by atoms with E-state index in [4.69, 9.17) is 18.9 Å². The second kappa shape index (κ2) is 11.5. The highest BCUT2D eigenvalue weighted by atomic mass is 32.2. The molecule has 2 fully saturated rings. The van der Waals surface area contributed by atoms with Crippen molar-refractivity contribution in [3.8, 4) is 11.5 Å². The van der Waals surface area contributed by atoms with Gasteiger partial charge < -0.3 is 23.7 Å². The van der Waals surface area contributed by atoms with E-state index in [0.717, 1.165) is 29.8 Å². The molecule has 1 aromatic carbocycles. The van der Waals surface area contributed by atoms with Crippen LogP contribution >= 0.6 is 11.8 Å². The van der Waals surface area contributed by atoms with Crippen molar-refractivity contribution in [3.63, 3.8) is 0 Å². The van der Waals surface area contributed by atoms with Crippen molar-refractivity contribution in [1.82, 2.24) is 5.32 Å². The summed E-state index contributed by atoms with van der Waals surface area (Å²) in [6.07, 6.45) is 3.87. The van der Waals surface area contributed by atoms with E-state index in [2.05, 4.69) is 20.3 Å². The highest BCUT2D eigenvalue weighted by Gasteiger charge is 2.25. The molecule has 10 nitrogen and oxygen atoms in total. The van der Waals surface area contributed by atoms with Crippen molar-refractivity contribution in [1.29, 1.82) is 0 Å². The molecular weight excluding hydrogens is 426 g/mol. The van der Waals surface area contributed by atoms with Crippen LogP contribution in [0.15, 0.2) is 39.4 Å². The molecule has 0 spiro atoms. The third kappa shape index (κ3) is 6.81.